The van der Waals surface area contributed by atoms with E-state index in [1.165, 1.54) is 6.20 Å². The van der Waals surface area contributed by atoms with Crippen LogP contribution >= 0.6 is 23.2 Å². The SMILES string of the molecule is CCOC(=O)c1cnc(N2CCN(C(=O)CN3CCCC3)CC2)nc1OCc1ccc(Cl)cc1Cl. The van der Waals surface area contributed by atoms with Gasteiger partial charge in [-0.25, -0.2) is 9.78 Å². The van der Waals surface area contributed by atoms with Gasteiger partial charge in [0.1, 0.15) is 12.2 Å². The van der Waals surface area contributed by atoms with Crippen LogP contribution in [-0.2, 0) is 16.1 Å². The molecule has 1 amide bonds. The number of amides is 1. The van der Waals surface area contributed by atoms with Crippen LogP contribution in [-0.4, -0.2) is 84.1 Å². The molecule has 2 fully saturated rings. The molecule has 2 aliphatic heterocycles. The van der Waals surface area contributed by atoms with Crippen LogP contribution in [0.2, 0.25) is 10.0 Å². The van der Waals surface area contributed by atoms with Crippen molar-refractivity contribution in [1.29, 1.82) is 0 Å². The molecule has 0 saturated carbocycles. The first-order valence-corrected chi connectivity index (χ1v) is 12.6. The van der Waals surface area contributed by atoms with Crippen LogP contribution in [0.15, 0.2) is 24.4 Å². The van der Waals surface area contributed by atoms with Gasteiger partial charge in [0.25, 0.3) is 0 Å². The second-order valence-electron chi connectivity index (χ2n) is 8.48. The van der Waals surface area contributed by atoms with E-state index in [4.69, 9.17) is 32.7 Å². The Morgan fingerprint density at radius 2 is 1.80 bits per heavy atom. The molecule has 0 atom stereocenters. The van der Waals surface area contributed by atoms with E-state index < -0.39 is 5.97 Å². The maximum absolute atomic E-state index is 12.6. The number of esters is 1. The first-order valence-electron chi connectivity index (χ1n) is 11.8. The van der Waals surface area contributed by atoms with Gasteiger partial charge in [-0.15, -0.1) is 0 Å². The fraction of sp³-hybridized carbons (Fsp3) is 0.500. The number of anilines is 1. The van der Waals surface area contributed by atoms with E-state index in [1.54, 1.807) is 25.1 Å². The number of aromatic nitrogens is 2. The number of halogens is 2. The second-order valence-corrected chi connectivity index (χ2v) is 9.33. The van der Waals surface area contributed by atoms with Crippen LogP contribution in [0.25, 0.3) is 0 Å². The minimum atomic E-state index is -0.561. The Balaban J connectivity index is 1.44. The van der Waals surface area contributed by atoms with Gasteiger partial charge in [0.2, 0.25) is 17.7 Å². The zero-order chi connectivity index (χ0) is 24.8. The van der Waals surface area contributed by atoms with Gasteiger partial charge in [-0.2, -0.15) is 4.98 Å². The highest BCUT2D eigenvalue weighted by molar-refractivity contribution is 6.35. The van der Waals surface area contributed by atoms with Gasteiger partial charge >= 0.3 is 5.97 Å². The smallest absolute Gasteiger partial charge is 0.345 e. The van der Waals surface area contributed by atoms with Crippen LogP contribution in [0.4, 0.5) is 5.95 Å². The number of nitrogens with zero attached hydrogens (tertiary/aromatic N) is 5. The largest absolute Gasteiger partial charge is 0.472 e. The molecule has 2 saturated heterocycles. The van der Waals surface area contributed by atoms with Crippen molar-refractivity contribution < 1.29 is 19.1 Å². The predicted molar refractivity (Wildman–Crippen MR) is 133 cm³/mol. The van der Waals surface area contributed by atoms with Gasteiger partial charge < -0.3 is 19.3 Å². The summed E-state index contributed by atoms with van der Waals surface area (Å²) in [5.41, 5.74) is 0.844. The third-order valence-corrected chi connectivity index (χ3v) is 6.68. The molecule has 0 N–H and O–H groups in total. The molecular weight excluding hydrogens is 493 g/mol. The summed E-state index contributed by atoms with van der Waals surface area (Å²) in [5, 5.41) is 0.979. The summed E-state index contributed by atoms with van der Waals surface area (Å²) in [4.78, 5) is 40.1. The Hall–Kier alpha value is -2.62. The lowest BCUT2D eigenvalue weighted by Crippen LogP contribution is -2.51. The van der Waals surface area contributed by atoms with Gasteiger partial charge in [-0.05, 0) is 45.0 Å². The number of piperazine rings is 1. The van der Waals surface area contributed by atoms with Gasteiger partial charge in [-0.3, -0.25) is 9.69 Å². The monoisotopic (exact) mass is 521 g/mol. The van der Waals surface area contributed by atoms with Crippen LogP contribution in [0.3, 0.4) is 0 Å². The average Bonchev–Trinajstić information content (AvgIpc) is 3.36. The number of hydrogen-bond acceptors (Lipinski definition) is 8. The summed E-state index contributed by atoms with van der Waals surface area (Å²) in [7, 11) is 0. The molecule has 11 heteroatoms. The number of carbonyl (C=O) groups excluding carboxylic acids is 2. The molecule has 188 valence electrons. The molecule has 1 aromatic carbocycles. The fourth-order valence-electron chi connectivity index (χ4n) is 4.14. The zero-order valence-corrected chi connectivity index (χ0v) is 21.2. The van der Waals surface area contributed by atoms with Gasteiger partial charge in [-0.1, -0.05) is 29.3 Å². The van der Waals surface area contributed by atoms with Crippen LogP contribution in [0.5, 0.6) is 5.88 Å². The van der Waals surface area contributed by atoms with Crippen molar-refractivity contribution in [3.8, 4) is 5.88 Å². The zero-order valence-electron chi connectivity index (χ0n) is 19.7. The molecule has 3 heterocycles. The molecule has 0 bridgehead atoms. The highest BCUT2D eigenvalue weighted by Crippen LogP contribution is 2.25. The third kappa shape index (κ3) is 6.54. The van der Waals surface area contributed by atoms with Gasteiger partial charge in [0.15, 0.2) is 0 Å². The quantitative estimate of drug-likeness (QED) is 0.489. The van der Waals surface area contributed by atoms with Crippen molar-refractivity contribution in [2.45, 2.75) is 26.4 Å². The maximum Gasteiger partial charge on any atom is 0.345 e. The summed E-state index contributed by atoms with van der Waals surface area (Å²) in [6.07, 6.45) is 3.74. The highest BCUT2D eigenvalue weighted by atomic mass is 35.5. The van der Waals surface area contributed by atoms with E-state index in [1.807, 2.05) is 9.80 Å². The third-order valence-electron chi connectivity index (χ3n) is 6.09. The number of ether oxygens (including phenoxy) is 2. The van der Waals surface area contributed by atoms with E-state index >= 15 is 0 Å². The van der Waals surface area contributed by atoms with E-state index in [-0.39, 0.29) is 30.6 Å². The first-order chi connectivity index (χ1) is 16.9. The Morgan fingerprint density at radius 1 is 1.06 bits per heavy atom. The van der Waals surface area contributed by atoms with Crippen LogP contribution in [0.1, 0.15) is 35.7 Å². The lowest BCUT2D eigenvalue weighted by molar-refractivity contribution is -0.132. The molecule has 35 heavy (non-hydrogen) atoms. The number of benzene rings is 1. The molecule has 0 radical (unpaired) electrons. The number of hydrogen-bond donors (Lipinski definition) is 0. The first kappa shape index (κ1) is 25.5. The molecule has 1 aromatic heterocycles. The minimum Gasteiger partial charge on any atom is -0.472 e. The lowest BCUT2D eigenvalue weighted by Gasteiger charge is -2.35. The second kappa shape index (κ2) is 11.9. The van der Waals surface area contributed by atoms with E-state index in [0.29, 0.717) is 54.3 Å². The molecule has 0 unspecified atom stereocenters. The van der Waals surface area contributed by atoms with Crippen molar-refractivity contribution in [3.63, 3.8) is 0 Å². The molecule has 0 aliphatic carbocycles. The molecule has 4 rings (SSSR count). The Morgan fingerprint density at radius 3 is 2.49 bits per heavy atom. The molecule has 2 aromatic rings. The van der Waals surface area contributed by atoms with Crippen molar-refractivity contribution >= 4 is 41.0 Å². The van der Waals surface area contributed by atoms with E-state index in [9.17, 15) is 9.59 Å². The lowest BCUT2D eigenvalue weighted by atomic mass is 10.2. The number of carbonyl (C=O) groups is 2. The maximum atomic E-state index is 12.6. The van der Waals surface area contributed by atoms with Gasteiger partial charge in [0.05, 0.1) is 19.3 Å². The Labute approximate surface area is 214 Å². The van der Waals surface area contributed by atoms with Crippen molar-refractivity contribution in [1.82, 2.24) is 19.8 Å². The normalized spacial score (nSPS) is 16.4. The van der Waals surface area contributed by atoms with Crippen LogP contribution < -0.4 is 9.64 Å². The molecule has 2 aliphatic rings. The highest BCUT2D eigenvalue weighted by Gasteiger charge is 2.26. The standard InChI is InChI=1S/C24H29Cl2N5O4/c1-2-34-23(33)19-14-27-24(28-22(19)35-16-17-5-6-18(25)13-20(17)26)31-11-9-30(10-12-31)21(32)15-29-7-3-4-8-29/h5-6,13-14H,2-4,7-12,15-16H2,1H3. The van der Waals surface area contributed by atoms with Crippen molar-refractivity contribution in [2.75, 3.05) is 57.3 Å². The molecule has 0 spiro atoms. The van der Waals surface area contributed by atoms with Crippen LogP contribution in [0, 0.1) is 0 Å². The predicted octanol–water partition coefficient (Wildman–Crippen LogP) is 3.28. The summed E-state index contributed by atoms with van der Waals surface area (Å²) < 4.78 is 11.0. The molecular formula is C24H29Cl2N5O4. The Bertz CT molecular complexity index is 1060. The summed E-state index contributed by atoms with van der Waals surface area (Å²) >= 11 is 12.2. The van der Waals surface area contributed by atoms with Gasteiger partial charge in [0, 0.05) is 41.8 Å². The van der Waals surface area contributed by atoms with Crippen molar-refractivity contribution in [3.05, 3.63) is 45.6 Å². The number of likely N-dealkylation sites (tertiary alicyclic amines) is 1. The Kier molecular flexibility index (Phi) is 8.64. The van der Waals surface area contributed by atoms with Crippen molar-refractivity contribution in [2.24, 2.45) is 0 Å². The average molecular weight is 522 g/mol. The van der Waals surface area contributed by atoms with E-state index in [2.05, 4.69) is 14.9 Å². The van der Waals surface area contributed by atoms with E-state index in [0.717, 1.165) is 25.9 Å². The minimum absolute atomic E-state index is 0.0949. The fourth-order valence-corrected chi connectivity index (χ4v) is 4.60. The number of rotatable bonds is 8. The topological polar surface area (TPSA) is 88.1 Å². The molecule has 9 nitrogen and oxygen atoms in total. The summed E-state index contributed by atoms with van der Waals surface area (Å²) in [6.45, 7) is 6.88. The summed E-state index contributed by atoms with van der Waals surface area (Å²) in [5.74, 6) is 0.150. The summed E-state index contributed by atoms with van der Waals surface area (Å²) in [6, 6.07) is 5.10.